The van der Waals surface area contributed by atoms with Crippen molar-refractivity contribution in [1.82, 2.24) is 10.4 Å². The number of ether oxygens (including phenoxy) is 2. The molecular weight excluding hydrogens is 348 g/mol. The van der Waals surface area contributed by atoms with Crippen LogP contribution in [0.1, 0.15) is 38.3 Å². The van der Waals surface area contributed by atoms with Gasteiger partial charge in [0.05, 0.1) is 13.2 Å². The lowest BCUT2D eigenvalue weighted by molar-refractivity contribution is -0.129. The van der Waals surface area contributed by atoms with Crippen LogP contribution in [0.15, 0.2) is 42.5 Å². The van der Waals surface area contributed by atoms with Crippen molar-refractivity contribution in [3.63, 3.8) is 0 Å². The fourth-order valence-electron chi connectivity index (χ4n) is 3.21. The van der Waals surface area contributed by atoms with E-state index < -0.39 is 17.7 Å². The maximum Gasteiger partial charge on any atom is 0.430 e. The van der Waals surface area contributed by atoms with E-state index >= 15 is 0 Å². The van der Waals surface area contributed by atoms with E-state index in [9.17, 15) is 14.4 Å². The van der Waals surface area contributed by atoms with Crippen LogP contribution in [-0.4, -0.2) is 36.2 Å². The zero-order valence-electron chi connectivity index (χ0n) is 15.8. The molecule has 0 spiro atoms. The molecule has 0 radical (unpaired) electrons. The number of benzene rings is 1. The Bertz CT molecular complexity index is 786. The Kier molecular flexibility index (Phi) is 6.39. The highest BCUT2D eigenvalue weighted by atomic mass is 16.6. The largest absolute Gasteiger partial charge is 0.449 e. The number of Topliss-reactive ketones (excluding diaryl/α,β-unsaturated/α-hetero) is 1. The predicted octanol–water partition coefficient (Wildman–Crippen LogP) is 3.56. The molecule has 1 atom stereocenters. The van der Waals surface area contributed by atoms with Crippen molar-refractivity contribution in [3.8, 4) is 0 Å². The average molecular weight is 372 g/mol. The maximum absolute atomic E-state index is 13.3. The minimum Gasteiger partial charge on any atom is -0.449 e. The van der Waals surface area contributed by atoms with Crippen LogP contribution in [0.2, 0.25) is 0 Å². The molecule has 1 aliphatic rings. The van der Waals surface area contributed by atoms with E-state index in [1.54, 1.807) is 39.0 Å². The second-order valence-electron chi connectivity index (χ2n) is 5.96. The molecule has 1 unspecified atom stereocenters. The van der Waals surface area contributed by atoms with Gasteiger partial charge >= 0.3 is 12.2 Å². The van der Waals surface area contributed by atoms with Gasteiger partial charge in [0.25, 0.3) is 0 Å². The van der Waals surface area contributed by atoms with Gasteiger partial charge in [-0.25, -0.2) is 15.0 Å². The molecule has 1 N–H and O–H groups in total. The zero-order valence-corrected chi connectivity index (χ0v) is 15.8. The molecule has 1 aliphatic carbocycles. The van der Waals surface area contributed by atoms with Crippen molar-refractivity contribution in [2.75, 3.05) is 13.2 Å². The Labute approximate surface area is 158 Å². The molecule has 0 saturated heterocycles. The van der Waals surface area contributed by atoms with Gasteiger partial charge in [-0.05, 0) is 43.5 Å². The standard InChI is InChI=1S/C20H24N2O5/c1-5-12-20(22(19(25)27-7-3)21-18(24)26-6-2)16-11-9-8-10-15(16)13-14(4)17(20)23/h5,8-11,13H,1,6-7,12H2,2-4H3,(H,21,24). The van der Waals surface area contributed by atoms with Gasteiger partial charge in [0.1, 0.15) is 0 Å². The molecule has 7 nitrogen and oxygen atoms in total. The smallest absolute Gasteiger partial charge is 0.430 e. The lowest BCUT2D eigenvalue weighted by atomic mass is 9.73. The number of hydrogen-bond acceptors (Lipinski definition) is 5. The normalized spacial score (nSPS) is 18.0. The van der Waals surface area contributed by atoms with Crippen LogP contribution in [0.4, 0.5) is 9.59 Å². The predicted molar refractivity (Wildman–Crippen MR) is 101 cm³/mol. The molecule has 0 aromatic heterocycles. The SMILES string of the molecule is C=CCC1(N(NC(=O)OCC)C(=O)OCC)C(=O)C(C)=Cc2ccccc21. The van der Waals surface area contributed by atoms with E-state index in [-0.39, 0.29) is 25.4 Å². The Morgan fingerprint density at radius 1 is 1.22 bits per heavy atom. The molecule has 0 heterocycles. The number of hydrogen-bond donors (Lipinski definition) is 1. The number of ketones is 1. The third-order valence-corrected chi connectivity index (χ3v) is 4.26. The first-order valence-corrected chi connectivity index (χ1v) is 8.76. The fraction of sp³-hybridized carbons (Fsp3) is 0.350. The molecule has 0 aliphatic heterocycles. The summed E-state index contributed by atoms with van der Waals surface area (Å²) in [5.41, 5.74) is 2.68. The summed E-state index contributed by atoms with van der Waals surface area (Å²) in [4.78, 5) is 38.2. The molecule has 0 fully saturated rings. The van der Waals surface area contributed by atoms with Crippen molar-refractivity contribution < 1.29 is 23.9 Å². The molecule has 2 rings (SSSR count). The number of rotatable bonds is 5. The summed E-state index contributed by atoms with van der Waals surface area (Å²) >= 11 is 0. The first-order chi connectivity index (χ1) is 12.9. The van der Waals surface area contributed by atoms with Crippen LogP contribution in [0.3, 0.4) is 0 Å². The van der Waals surface area contributed by atoms with Crippen LogP contribution in [0.5, 0.6) is 0 Å². The number of carbonyl (C=O) groups is 3. The van der Waals surface area contributed by atoms with Crippen LogP contribution in [0.25, 0.3) is 6.08 Å². The van der Waals surface area contributed by atoms with E-state index in [1.807, 2.05) is 12.1 Å². The van der Waals surface area contributed by atoms with Gasteiger partial charge in [-0.2, -0.15) is 5.01 Å². The highest BCUT2D eigenvalue weighted by Gasteiger charge is 2.52. The van der Waals surface area contributed by atoms with Crippen molar-refractivity contribution >= 4 is 24.0 Å². The van der Waals surface area contributed by atoms with E-state index in [0.29, 0.717) is 11.1 Å². The minimum atomic E-state index is -1.52. The minimum absolute atomic E-state index is 0.0780. The summed E-state index contributed by atoms with van der Waals surface area (Å²) in [6, 6.07) is 7.20. The first-order valence-electron chi connectivity index (χ1n) is 8.76. The molecule has 0 saturated carbocycles. The van der Waals surface area contributed by atoms with Crippen molar-refractivity contribution in [3.05, 3.63) is 53.6 Å². The number of nitrogens with zero attached hydrogens (tertiary/aromatic N) is 1. The van der Waals surface area contributed by atoms with Crippen molar-refractivity contribution in [2.24, 2.45) is 0 Å². The molecule has 27 heavy (non-hydrogen) atoms. The summed E-state index contributed by atoms with van der Waals surface area (Å²) < 4.78 is 10.0. The first kappa shape index (κ1) is 20.2. The Balaban J connectivity index is 2.69. The third kappa shape index (κ3) is 3.72. The van der Waals surface area contributed by atoms with Crippen LogP contribution < -0.4 is 5.43 Å². The second-order valence-corrected chi connectivity index (χ2v) is 5.96. The number of carbonyl (C=O) groups excluding carboxylic acids is 3. The van der Waals surface area contributed by atoms with Crippen LogP contribution >= 0.6 is 0 Å². The van der Waals surface area contributed by atoms with Gasteiger partial charge in [0.2, 0.25) is 0 Å². The molecule has 7 heteroatoms. The monoisotopic (exact) mass is 372 g/mol. The fourth-order valence-corrected chi connectivity index (χ4v) is 3.21. The van der Waals surface area contributed by atoms with Gasteiger partial charge in [-0.3, -0.25) is 4.79 Å². The second kappa shape index (κ2) is 8.53. The molecule has 144 valence electrons. The summed E-state index contributed by atoms with van der Waals surface area (Å²) in [6.07, 6.45) is 1.66. The number of fused-ring (bicyclic) bond motifs is 1. The number of nitrogens with one attached hydrogen (secondary N) is 1. The lowest BCUT2D eigenvalue weighted by Crippen LogP contribution is -2.62. The summed E-state index contributed by atoms with van der Waals surface area (Å²) in [7, 11) is 0. The quantitative estimate of drug-likeness (QED) is 0.631. The third-order valence-electron chi connectivity index (χ3n) is 4.26. The zero-order chi connectivity index (χ0) is 20.0. The highest BCUT2D eigenvalue weighted by Crippen LogP contribution is 2.41. The van der Waals surface area contributed by atoms with Gasteiger partial charge in [0.15, 0.2) is 11.3 Å². The number of hydrazine groups is 1. The van der Waals surface area contributed by atoms with E-state index in [0.717, 1.165) is 10.6 Å². The Hall–Kier alpha value is -3.09. The van der Waals surface area contributed by atoms with Crippen molar-refractivity contribution in [1.29, 1.82) is 0 Å². The van der Waals surface area contributed by atoms with Crippen molar-refractivity contribution in [2.45, 2.75) is 32.7 Å². The van der Waals surface area contributed by atoms with Gasteiger partial charge in [-0.15, -0.1) is 6.58 Å². The summed E-state index contributed by atoms with van der Waals surface area (Å²) in [6.45, 7) is 8.88. The highest BCUT2D eigenvalue weighted by molar-refractivity contribution is 6.10. The molecule has 1 aromatic rings. The molecule has 1 aromatic carbocycles. The summed E-state index contributed by atoms with van der Waals surface area (Å²) in [5.74, 6) is -0.328. The van der Waals surface area contributed by atoms with Crippen LogP contribution in [-0.2, 0) is 19.8 Å². The van der Waals surface area contributed by atoms with Gasteiger partial charge in [-0.1, -0.05) is 30.3 Å². The molecular formula is C20H24N2O5. The van der Waals surface area contributed by atoms with E-state index in [1.165, 1.54) is 6.08 Å². The lowest BCUT2D eigenvalue weighted by Gasteiger charge is -2.43. The number of amides is 2. The van der Waals surface area contributed by atoms with E-state index in [4.69, 9.17) is 9.47 Å². The van der Waals surface area contributed by atoms with Gasteiger partial charge < -0.3 is 9.47 Å². The topological polar surface area (TPSA) is 84.9 Å². The maximum atomic E-state index is 13.3. The Morgan fingerprint density at radius 3 is 2.52 bits per heavy atom. The average Bonchev–Trinajstić information content (AvgIpc) is 2.64. The van der Waals surface area contributed by atoms with E-state index in [2.05, 4.69) is 12.0 Å². The van der Waals surface area contributed by atoms with Gasteiger partial charge in [0, 0.05) is 6.42 Å². The summed E-state index contributed by atoms with van der Waals surface area (Å²) in [5, 5.41) is 0.924. The van der Waals surface area contributed by atoms with Crippen LogP contribution in [0, 0.1) is 0 Å². The molecule has 0 bridgehead atoms. The molecule has 2 amide bonds. The Morgan fingerprint density at radius 2 is 1.89 bits per heavy atom.